The lowest BCUT2D eigenvalue weighted by molar-refractivity contribution is -0.384. The number of furan rings is 1. The van der Waals surface area contributed by atoms with Crippen molar-refractivity contribution in [3.8, 4) is 0 Å². The van der Waals surface area contributed by atoms with Gasteiger partial charge in [-0.25, -0.2) is 0 Å². The van der Waals surface area contributed by atoms with Crippen LogP contribution >= 0.6 is 11.6 Å². The summed E-state index contributed by atoms with van der Waals surface area (Å²) in [7, 11) is 0. The normalized spacial score (nSPS) is 10.1. The molecule has 0 aliphatic carbocycles. The Morgan fingerprint density at radius 2 is 2.17 bits per heavy atom. The SMILES string of the molecule is O=C(Nc1ccc([N+](=O)[O-])cc1Cl)c1ccco1. The fourth-order valence-corrected chi connectivity index (χ4v) is 1.53. The lowest BCUT2D eigenvalue weighted by Crippen LogP contribution is -2.11. The highest BCUT2D eigenvalue weighted by Crippen LogP contribution is 2.26. The molecule has 0 saturated heterocycles. The van der Waals surface area contributed by atoms with Gasteiger partial charge in [0, 0.05) is 12.1 Å². The topological polar surface area (TPSA) is 85.4 Å². The highest BCUT2D eigenvalue weighted by atomic mass is 35.5. The summed E-state index contributed by atoms with van der Waals surface area (Å²) in [6.45, 7) is 0. The van der Waals surface area contributed by atoms with Crippen LogP contribution in [0.1, 0.15) is 10.6 Å². The summed E-state index contributed by atoms with van der Waals surface area (Å²) >= 11 is 5.83. The van der Waals surface area contributed by atoms with Gasteiger partial charge in [0.05, 0.1) is 21.9 Å². The number of nitrogens with one attached hydrogen (secondary N) is 1. The van der Waals surface area contributed by atoms with E-state index in [9.17, 15) is 14.9 Å². The second-order valence-electron chi connectivity index (χ2n) is 3.35. The third-order valence-electron chi connectivity index (χ3n) is 2.16. The van der Waals surface area contributed by atoms with Gasteiger partial charge in [0.15, 0.2) is 5.76 Å². The van der Waals surface area contributed by atoms with Crippen molar-refractivity contribution >= 4 is 28.9 Å². The first-order valence-electron chi connectivity index (χ1n) is 4.87. The zero-order chi connectivity index (χ0) is 13.1. The number of benzene rings is 1. The Hall–Kier alpha value is -2.34. The zero-order valence-electron chi connectivity index (χ0n) is 8.92. The molecule has 6 nitrogen and oxygen atoms in total. The average Bonchev–Trinajstić information content (AvgIpc) is 2.85. The van der Waals surface area contributed by atoms with Gasteiger partial charge in [0.25, 0.3) is 11.6 Å². The van der Waals surface area contributed by atoms with E-state index in [-0.39, 0.29) is 22.2 Å². The Labute approximate surface area is 106 Å². The molecule has 0 saturated carbocycles. The molecule has 0 aliphatic heterocycles. The van der Waals surface area contributed by atoms with Gasteiger partial charge < -0.3 is 9.73 Å². The quantitative estimate of drug-likeness (QED) is 0.683. The van der Waals surface area contributed by atoms with Crippen molar-refractivity contribution in [3.05, 3.63) is 57.5 Å². The molecule has 1 amide bonds. The van der Waals surface area contributed by atoms with Crippen molar-refractivity contribution in [2.24, 2.45) is 0 Å². The molecule has 0 aliphatic rings. The van der Waals surface area contributed by atoms with Crippen LogP contribution in [-0.4, -0.2) is 10.8 Å². The highest BCUT2D eigenvalue weighted by molar-refractivity contribution is 6.34. The first kappa shape index (κ1) is 12.1. The van der Waals surface area contributed by atoms with Crippen molar-refractivity contribution in [1.82, 2.24) is 0 Å². The minimum Gasteiger partial charge on any atom is -0.459 e. The molecule has 7 heteroatoms. The van der Waals surface area contributed by atoms with Crippen LogP contribution in [0.2, 0.25) is 5.02 Å². The Morgan fingerprint density at radius 3 is 2.72 bits per heavy atom. The number of carbonyl (C=O) groups is 1. The summed E-state index contributed by atoms with van der Waals surface area (Å²) in [5, 5.41) is 13.1. The largest absolute Gasteiger partial charge is 0.459 e. The Balaban J connectivity index is 2.20. The van der Waals surface area contributed by atoms with E-state index in [4.69, 9.17) is 16.0 Å². The number of nitro groups is 1. The number of hydrogen-bond donors (Lipinski definition) is 1. The molecule has 0 fully saturated rings. The average molecular weight is 267 g/mol. The number of amides is 1. The van der Waals surface area contributed by atoms with Crippen LogP contribution < -0.4 is 5.32 Å². The van der Waals surface area contributed by atoms with Gasteiger partial charge in [0.2, 0.25) is 0 Å². The molecule has 0 radical (unpaired) electrons. The van der Waals surface area contributed by atoms with E-state index in [0.717, 1.165) is 0 Å². The van der Waals surface area contributed by atoms with Gasteiger partial charge in [-0.2, -0.15) is 0 Å². The molecule has 1 N–H and O–H groups in total. The molecule has 0 spiro atoms. The third-order valence-corrected chi connectivity index (χ3v) is 2.47. The van der Waals surface area contributed by atoms with Crippen LogP contribution in [0.25, 0.3) is 0 Å². The molecule has 92 valence electrons. The predicted octanol–water partition coefficient (Wildman–Crippen LogP) is 3.09. The summed E-state index contributed by atoms with van der Waals surface area (Å²) < 4.78 is 4.91. The fraction of sp³-hybridized carbons (Fsp3) is 0. The van der Waals surface area contributed by atoms with Gasteiger partial charge >= 0.3 is 0 Å². The molecule has 1 aromatic carbocycles. The molecule has 18 heavy (non-hydrogen) atoms. The summed E-state index contributed by atoms with van der Waals surface area (Å²) in [4.78, 5) is 21.6. The van der Waals surface area contributed by atoms with Gasteiger partial charge in [-0.1, -0.05) is 11.6 Å². The smallest absolute Gasteiger partial charge is 0.291 e. The van der Waals surface area contributed by atoms with Crippen LogP contribution in [0.3, 0.4) is 0 Å². The first-order valence-corrected chi connectivity index (χ1v) is 5.24. The molecule has 0 atom stereocenters. The number of nitrogens with zero attached hydrogens (tertiary/aromatic N) is 1. The van der Waals surface area contributed by atoms with E-state index in [1.54, 1.807) is 6.07 Å². The van der Waals surface area contributed by atoms with E-state index in [1.807, 2.05) is 0 Å². The number of non-ortho nitro benzene ring substituents is 1. The lowest BCUT2D eigenvalue weighted by Gasteiger charge is -2.05. The first-order chi connectivity index (χ1) is 8.58. The number of halogens is 1. The van der Waals surface area contributed by atoms with Gasteiger partial charge in [-0.15, -0.1) is 0 Å². The number of anilines is 1. The van der Waals surface area contributed by atoms with E-state index in [0.29, 0.717) is 0 Å². The summed E-state index contributed by atoms with van der Waals surface area (Å²) in [5.74, 6) is -0.347. The highest BCUT2D eigenvalue weighted by Gasteiger charge is 2.13. The summed E-state index contributed by atoms with van der Waals surface area (Å²) in [6, 6.07) is 6.85. The van der Waals surface area contributed by atoms with Crippen LogP contribution in [-0.2, 0) is 0 Å². The Kier molecular flexibility index (Phi) is 3.29. The third kappa shape index (κ3) is 2.49. The van der Waals surface area contributed by atoms with Gasteiger partial charge in [-0.3, -0.25) is 14.9 Å². The zero-order valence-corrected chi connectivity index (χ0v) is 9.68. The second-order valence-corrected chi connectivity index (χ2v) is 3.76. The van der Waals surface area contributed by atoms with Crippen molar-refractivity contribution in [1.29, 1.82) is 0 Å². The van der Waals surface area contributed by atoms with Crippen LogP contribution in [0.4, 0.5) is 11.4 Å². The Bertz CT molecular complexity index is 595. The molecule has 1 heterocycles. The second kappa shape index (κ2) is 4.89. The molecular weight excluding hydrogens is 260 g/mol. The number of carbonyl (C=O) groups excluding carboxylic acids is 1. The minimum atomic E-state index is -0.565. The molecular formula is C11H7ClN2O4. The fourth-order valence-electron chi connectivity index (χ4n) is 1.31. The van der Waals surface area contributed by atoms with Crippen LogP contribution in [0, 0.1) is 10.1 Å². The minimum absolute atomic E-state index is 0.0871. The van der Waals surface area contributed by atoms with E-state index >= 15 is 0 Å². The lowest BCUT2D eigenvalue weighted by atomic mass is 10.2. The molecule has 0 bridgehead atoms. The summed E-state index contributed by atoms with van der Waals surface area (Å²) in [6.07, 6.45) is 1.37. The maximum atomic E-state index is 11.6. The van der Waals surface area contributed by atoms with Crippen molar-refractivity contribution in [2.75, 3.05) is 5.32 Å². The van der Waals surface area contributed by atoms with Gasteiger partial charge in [0.1, 0.15) is 0 Å². The van der Waals surface area contributed by atoms with Crippen molar-refractivity contribution < 1.29 is 14.1 Å². The molecule has 1 aromatic heterocycles. The Morgan fingerprint density at radius 1 is 1.39 bits per heavy atom. The monoisotopic (exact) mass is 266 g/mol. The maximum Gasteiger partial charge on any atom is 0.291 e. The van der Waals surface area contributed by atoms with Crippen molar-refractivity contribution in [3.63, 3.8) is 0 Å². The summed E-state index contributed by atoms with van der Waals surface area (Å²) in [5.41, 5.74) is 0.139. The van der Waals surface area contributed by atoms with Crippen molar-refractivity contribution in [2.45, 2.75) is 0 Å². The number of nitro benzene ring substituents is 1. The molecule has 2 rings (SSSR count). The predicted molar refractivity (Wildman–Crippen MR) is 64.8 cm³/mol. The van der Waals surface area contributed by atoms with E-state index < -0.39 is 10.8 Å². The van der Waals surface area contributed by atoms with Crippen LogP contribution in [0.15, 0.2) is 41.0 Å². The van der Waals surface area contributed by atoms with E-state index in [2.05, 4.69) is 5.32 Å². The number of hydrogen-bond acceptors (Lipinski definition) is 4. The number of rotatable bonds is 3. The molecule has 0 unspecified atom stereocenters. The molecule has 2 aromatic rings. The van der Waals surface area contributed by atoms with E-state index in [1.165, 1.54) is 30.5 Å². The van der Waals surface area contributed by atoms with Crippen LogP contribution in [0.5, 0.6) is 0 Å². The standard InChI is InChI=1S/C11H7ClN2O4/c12-8-6-7(14(16)17)3-4-9(8)13-11(15)10-2-1-5-18-10/h1-6H,(H,13,15). The maximum absolute atomic E-state index is 11.6. The van der Waals surface area contributed by atoms with Gasteiger partial charge in [-0.05, 0) is 18.2 Å².